The lowest BCUT2D eigenvalue weighted by atomic mass is 10.1. The van der Waals surface area contributed by atoms with Crippen molar-refractivity contribution in [2.24, 2.45) is 5.92 Å². The zero-order valence-corrected chi connectivity index (χ0v) is 11.1. The van der Waals surface area contributed by atoms with Crippen LogP contribution in [-0.4, -0.2) is 25.0 Å². The molecule has 1 aromatic carbocycles. The Balaban J connectivity index is 1.64. The quantitative estimate of drug-likeness (QED) is 0.827. The standard InChI is InChI=1S/C15H17N3O2/c19-14(11-3-1-2-4-11)17-12-5-7-13(8-6-12)18-10-9-16-15(18)20/h1-2,5-8,11H,3-4,9-10H2,(H,16,20)(H,17,19). The van der Waals surface area contributed by atoms with E-state index in [0.717, 1.165) is 24.2 Å². The number of allylic oxidation sites excluding steroid dienone is 2. The minimum absolute atomic E-state index is 0.0547. The first-order chi connectivity index (χ1) is 9.74. The van der Waals surface area contributed by atoms with Crippen LogP contribution >= 0.6 is 0 Å². The highest BCUT2D eigenvalue weighted by Gasteiger charge is 2.21. The highest BCUT2D eigenvalue weighted by atomic mass is 16.2. The number of carbonyl (C=O) groups is 2. The van der Waals surface area contributed by atoms with Crippen LogP contribution in [0, 0.1) is 5.92 Å². The van der Waals surface area contributed by atoms with Crippen LogP contribution in [0.3, 0.4) is 0 Å². The summed E-state index contributed by atoms with van der Waals surface area (Å²) < 4.78 is 0. The van der Waals surface area contributed by atoms with Crippen molar-refractivity contribution >= 4 is 23.3 Å². The molecule has 20 heavy (non-hydrogen) atoms. The van der Waals surface area contributed by atoms with Crippen molar-refractivity contribution in [1.29, 1.82) is 0 Å². The SMILES string of the molecule is O=C(Nc1ccc(N2CCNC2=O)cc1)C1CC=CC1. The van der Waals surface area contributed by atoms with Gasteiger partial charge in [0.15, 0.2) is 0 Å². The number of carbonyl (C=O) groups excluding carboxylic acids is 2. The second kappa shape index (κ2) is 5.36. The maximum absolute atomic E-state index is 12.0. The van der Waals surface area contributed by atoms with Crippen molar-refractivity contribution in [1.82, 2.24) is 5.32 Å². The molecule has 1 saturated heterocycles. The second-order valence-electron chi connectivity index (χ2n) is 5.06. The van der Waals surface area contributed by atoms with Crippen molar-refractivity contribution in [3.05, 3.63) is 36.4 Å². The van der Waals surface area contributed by atoms with E-state index >= 15 is 0 Å². The average Bonchev–Trinajstić information content (AvgIpc) is 3.11. The summed E-state index contributed by atoms with van der Waals surface area (Å²) in [6.07, 6.45) is 5.72. The molecule has 1 aliphatic carbocycles. The third kappa shape index (κ3) is 2.52. The number of nitrogens with one attached hydrogen (secondary N) is 2. The minimum Gasteiger partial charge on any atom is -0.336 e. The van der Waals surface area contributed by atoms with E-state index < -0.39 is 0 Å². The lowest BCUT2D eigenvalue weighted by Gasteiger charge is -2.15. The van der Waals surface area contributed by atoms with Gasteiger partial charge in [-0.05, 0) is 37.1 Å². The van der Waals surface area contributed by atoms with Gasteiger partial charge < -0.3 is 10.6 Å². The molecule has 2 aliphatic rings. The average molecular weight is 271 g/mol. The number of hydrogen-bond donors (Lipinski definition) is 2. The normalized spacial score (nSPS) is 18.4. The van der Waals surface area contributed by atoms with E-state index in [4.69, 9.17) is 0 Å². The van der Waals surface area contributed by atoms with Crippen molar-refractivity contribution < 1.29 is 9.59 Å². The van der Waals surface area contributed by atoms with Crippen LogP contribution in [0.1, 0.15) is 12.8 Å². The van der Waals surface area contributed by atoms with Gasteiger partial charge in [-0.1, -0.05) is 12.2 Å². The topological polar surface area (TPSA) is 61.4 Å². The third-order valence-corrected chi connectivity index (χ3v) is 3.68. The van der Waals surface area contributed by atoms with Crippen molar-refractivity contribution in [2.45, 2.75) is 12.8 Å². The molecular formula is C15H17N3O2. The Morgan fingerprint density at radius 2 is 1.90 bits per heavy atom. The summed E-state index contributed by atoms with van der Waals surface area (Å²) in [5.41, 5.74) is 1.62. The van der Waals surface area contributed by atoms with Crippen LogP contribution in [0.5, 0.6) is 0 Å². The van der Waals surface area contributed by atoms with Gasteiger partial charge in [-0.15, -0.1) is 0 Å². The maximum Gasteiger partial charge on any atom is 0.321 e. The van der Waals surface area contributed by atoms with Gasteiger partial charge in [-0.2, -0.15) is 0 Å². The third-order valence-electron chi connectivity index (χ3n) is 3.68. The van der Waals surface area contributed by atoms with Gasteiger partial charge in [0.05, 0.1) is 0 Å². The highest BCUT2D eigenvalue weighted by Crippen LogP contribution is 2.22. The Morgan fingerprint density at radius 3 is 2.50 bits per heavy atom. The van der Waals surface area contributed by atoms with E-state index in [0.29, 0.717) is 13.1 Å². The summed E-state index contributed by atoms with van der Waals surface area (Å²) in [6.45, 7) is 1.35. The zero-order valence-electron chi connectivity index (χ0n) is 11.1. The monoisotopic (exact) mass is 271 g/mol. The van der Waals surface area contributed by atoms with Gasteiger partial charge in [0.25, 0.3) is 0 Å². The summed E-state index contributed by atoms with van der Waals surface area (Å²) >= 11 is 0. The first kappa shape index (κ1) is 12.7. The van der Waals surface area contributed by atoms with Gasteiger partial charge in [0, 0.05) is 30.4 Å². The van der Waals surface area contributed by atoms with E-state index in [2.05, 4.69) is 10.6 Å². The van der Waals surface area contributed by atoms with Crippen LogP contribution < -0.4 is 15.5 Å². The van der Waals surface area contributed by atoms with E-state index in [1.807, 2.05) is 36.4 Å². The van der Waals surface area contributed by atoms with Gasteiger partial charge in [0.1, 0.15) is 0 Å². The maximum atomic E-state index is 12.0. The molecule has 1 heterocycles. The highest BCUT2D eigenvalue weighted by molar-refractivity contribution is 5.95. The molecule has 0 radical (unpaired) electrons. The summed E-state index contributed by atoms with van der Waals surface area (Å²) in [6, 6.07) is 7.31. The Kier molecular flexibility index (Phi) is 3.41. The fraction of sp³-hybridized carbons (Fsp3) is 0.333. The number of benzene rings is 1. The molecule has 0 spiro atoms. The van der Waals surface area contributed by atoms with Crippen LogP contribution in [0.2, 0.25) is 0 Å². The number of nitrogens with zero attached hydrogens (tertiary/aromatic N) is 1. The van der Waals surface area contributed by atoms with Gasteiger partial charge in [-0.3, -0.25) is 9.69 Å². The van der Waals surface area contributed by atoms with Gasteiger partial charge >= 0.3 is 6.03 Å². The Morgan fingerprint density at radius 1 is 1.20 bits per heavy atom. The molecule has 2 N–H and O–H groups in total. The van der Waals surface area contributed by atoms with Crippen molar-refractivity contribution in [3.63, 3.8) is 0 Å². The molecule has 0 saturated carbocycles. The molecule has 1 aromatic rings. The molecule has 0 unspecified atom stereocenters. The fourth-order valence-corrected chi connectivity index (χ4v) is 2.52. The Hall–Kier alpha value is -2.30. The Bertz CT molecular complexity index is 543. The van der Waals surface area contributed by atoms with E-state index in [1.165, 1.54) is 0 Å². The van der Waals surface area contributed by atoms with Crippen LogP contribution in [0.4, 0.5) is 16.2 Å². The largest absolute Gasteiger partial charge is 0.336 e. The van der Waals surface area contributed by atoms with Crippen molar-refractivity contribution in [2.75, 3.05) is 23.3 Å². The Labute approximate surface area is 117 Å². The van der Waals surface area contributed by atoms with Crippen molar-refractivity contribution in [3.8, 4) is 0 Å². The van der Waals surface area contributed by atoms with Gasteiger partial charge in [-0.25, -0.2) is 4.79 Å². The molecule has 5 nitrogen and oxygen atoms in total. The molecular weight excluding hydrogens is 254 g/mol. The zero-order chi connectivity index (χ0) is 13.9. The molecule has 0 bridgehead atoms. The molecule has 0 atom stereocenters. The lowest BCUT2D eigenvalue weighted by molar-refractivity contribution is -0.119. The first-order valence-electron chi connectivity index (χ1n) is 6.85. The van der Waals surface area contributed by atoms with Crippen LogP contribution in [0.15, 0.2) is 36.4 Å². The smallest absolute Gasteiger partial charge is 0.321 e. The molecule has 5 heteroatoms. The van der Waals surface area contributed by atoms with Crippen LogP contribution in [0.25, 0.3) is 0 Å². The molecule has 1 aliphatic heterocycles. The number of amides is 3. The summed E-state index contributed by atoms with van der Waals surface area (Å²) in [7, 11) is 0. The van der Waals surface area contributed by atoms with Gasteiger partial charge in [0.2, 0.25) is 5.91 Å². The number of rotatable bonds is 3. The number of anilines is 2. The summed E-state index contributed by atoms with van der Waals surface area (Å²) in [5.74, 6) is 0.112. The van der Waals surface area contributed by atoms with E-state index in [1.54, 1.807) is 4.90 Å². The minimum atomic E-state index is -0.0705. The second-order valence-corrected chi connectivity index (χ2v) is 5.06. The molecule has 3 rings (SSSR count). The molecule has 3 amide bonds. The lowest BCUT2D eigenvalue weighted by Crippen LogP contribution is -2.27. The molecule has 1 fully saturated rings. The van der Waals surface area contributed by atoms with Crippen LogP contribution in [-0.2, 0) is 4.79 Å². The molecule has 0 aromatic heterocycles. The molecule has 104 valence electrons. The van der Waals surface area contributed by atoms with E-state index in [-0.39, 0.29) is 17.9 Å². The predicted octanol–water partition coefficient (Wildman–Crippen LogP) is 2.12. The fourth-order valence-electron chi connectivity index (χ4n) is 2.52. The summed E-state index contributed by atoms with van der Waals surface area (Å²) in [4.78, 5) is 25.2. The number of urea groups is 1. The number of hydrogen-bond acceptors (Lipinski definition) is 2. The van der Waals surface area contributed by atoms with E-state index in [9.17, 15) is 9.59 Å². The first-order valence-corrected chi connectivity index (χ1v) is 6.85. The summed E-state index contributed by atoms with van der Waals surface area (Å²) in [5, 5.41) is 5.68. The predicted molar refractivity (Wildman–Crippen MR) is 77.7 cm³/mol.